The van der Waals surface area contributed by atoms with Crippen molar-refractivity contribution in [1.29, 1.82) is 0 Å². The molecule has 8 nitrogen and oxygen atoms in total. The molecule has 1 saturated heterocycles. The second kappa shape index (κ2) is 9.45. The van der Waals surface area contributed by atoms with Gasteiger partial charge in [-0.15, -0.1) is 15.3 Å². The molecule has 0 bridgehead atoms. The van der Waals surface area contributed by atoms with Gasteiger partial charge in [-0.25, -0.2) is 13.5 Å². The molecule has 1 aliphatic heterocycles. The summed E-state index contributed by atoms with van der Waals surface area (Å²) in [6.07, 6.45) is -1.36. The highest BCUT2D eigenvalue weighted by Crippen LogP contribution is 2.30. The average Bonchev–Trinajstić information content (AvgIpc) is 3.52. The molecule has 5 rings (SSSR count). The van der Waals surface area contributed by atoms with Gasteiger partial charge in [0.05, 0.1) is 18.4 Å². The first-order valence-electron chi connectivity index (χ1n) is 10.9. The van der Waals surface area contributed by atoms with E-state index in [4.69, 9.17) is 4.42 Å². The molecule has 0 amide bonds. The van der Waals surface area contributed by atoms with E-state index in [9.17, 15) is 13.2 Å². The molecule has 0 atom stereocenters. The van der Waals surface area contributed by atoms with Crippen LogP contribution in [0.5, 0.6) is 0 Å². The van der Waals surface area contributed by atoms with Crippen molar-refractivity contribution in [3.05, 3.63) is 65.7 Å². The third-order valence-electron chi connectivity index (χ3n) is 5.90. The Labute approximate surface area is 197 Å². The predicted molar refractivity (Wildman–Crippen MR) is 119 cm³/mol. The van der Waals surface area contributed by atoms with Crippen LogP contribution < -0.4 is 4.90 Å². The first-order valence-corrected chi connectivity index (χ1v) is 10.9. The molecule has 0 unspecified atom stereocenters. The number of piperazine rings is 1. The van der Waals surface area contributed by atoms with Crippen molar-refractivity contribution in [2.45, 2.75) is 13.0 Å². The van der Waals surface area contributed by atoms with E-state index >= 15 is 4.39 Å². The molecule has 4 aromatic rings. The molecule has 0 saturated carbocycles. The third kappa shape index (κ3) is 4.74. The molecule has 3 heterocycles. The minimum atomic E-state index is -2.91. The summed E-state index contributed by atoms with van der Waals surface area (Å²) >= 11 is 0. The number of anilines is 1. The maximum absolute atomic E-state index is 15.3. The molecule has 2 aromatic carbocycles. The number of likely N-dealkylation sites (N-methyl/N-ethyl adjacent to an activating group) is 1. The second-order valence-electron chi connectivity index (χ2n) is 8.28. The highest BCUT2D eigenvalue weighted by Gasteiger charge is 2.21. The van der Waals surface area contributed by atoms with E-state index in [1.165, 1.54) is 16.8 Å². The van der Waals surface area contributed by atoms with Crippen LogP contribution in [0.1, 0.15) is 17.9 Å². The molecule has 0 radical (unpaired) electrons. The fourth-order valence-corrected chi connectivity index (χ4v) is 3.93. The Balaban J connectivity index is 1.33. The first kappa shape index (κ1) is 23.0. The van der Waals surface area contributed by atoms with Crippen molar-refractivity contribution in [2.24, 2.45) is 0 Å². The highest BCUT2D eigenvalue weighted by molar-refractivity contribution is 5.66. The summed E-state index contributed by atoms with van der Waals surface area (Å²) in [5, 5.41) is 14.9. The predicted octanol–water partition coefficient (Wildman–Crippen LogP) is 4.01. The minimum absolute atomic E-state index is 0.0327. The lowest BCUT2D eigenvalue weighted by Crippen LogP contribution is -2.44. The lowest BCUT2D eigenvalue weighted by atomic mass is 10.1. The lowest BCUT2D eigenvalue weighted by molar-refractivity contribution is 0.116. The molecule has 0 N–H and O–H groups in total. The smallest absolute Gasteiger partial charge is 0.314 e. The van der Waals surface area contributed by atoms with Crippen LogP contribution in [0.15, 0.2) is 47.0 Å². The standard InChI is InChI=1S/C23H21F4N7O/c1-32-7-9-33(10-8-32)19-4-2-3-16(20(19)25)18-13-34(31-28-18)12-15-6-5-14(11-17(15)24)22-29-30-23(35-22)21(26)27/h2-6,11,13,21H,7-10,12H2,1H3. The fourth-order valence-electron chi connectivity index (χ4n) is 3.93. The molecule has 1 aliphatic rings. The van der Waals surface area contributed by atoms with Crippen LogP contribution in [0.4, 0.5) is 23.2 Å². The summed E-state index contributed by atoms with van der Waals surface area (Å²) in [5.74, 6) is -2.02. The summed E-state index contributed by atoms with van der Waals surface area (Å²) in [6.45, 7) is 3.19. The molecule has 2 aromatic heterocycles. The van der Waals surface area contributed by atoms with Crippen LogP contribution in [-0.2, 0) is 6.54 Å². The van der Waals surface area contributed by atoms with Crippen LogP contribution >= 0.6 is 0 Å². The van der Waals surface area contributed by atoms with E-state index < -0.39 is 18.1 Å². The Morgan fingerprint density at radius 1 is 1.00 bits per heavy atom. The molecule has 1 fully saturated rings. The summed E-state index contributed by atoms with van der Waals surface area (Å²) in [7, 11) is 2.03. The quantitative estimate of drug-likeness (QED) is 0.381. The fraction of sp³-hybridized carbons (Fsp3) is 0.304. The molecular formula is C23H21F4N7O. The Bertz CT molecular complexity index is 1330. The maximum Gasteiger partial charge on any atom is 0.314 e. The Kier molecular flexibility index (Phi) is 6.20. The normalized spacial score (nSPS) is 14.7. The topological polar surface area (TPSA) is 76.1 Å². The Morgan fingerprint density at radius 3 is 2.51 bits per heavy atom. The number of nitrogens with zero attached hydrogens (tertiary/aromatic N) is 7. The van der Waals surface area contributed by atoms with E-state index in [-0.39, 0.29) is 29.4 Å². The number of hydrogen-bond acceptors (Lipinski definition) is 7. The molecule has 182 valence electrons. The number of benzene rings is 2. The zero-order chi connectivity index (χ0) is 24.5. The van der Waals surface area contributed by atoms with Gasteiger partial charge in [0.15, 0.2) is 5.82 Å². The summed E-state index contributed by atoms with van der Waals surface area (Å²) in [4.78, 5) is 4.20. The largest absolute Gasteiger partial charge is 0.415 e. The number of alkyl halides is 2. The van der Waals surface area contributed by atoms with Gasteiger partial charge in [-0.2, -0.15) is 8.78 Å². The van der Waals surface area contributed by atoms with Crippen LogP contribution in [0.25, 0.3) is 22.7 Å². The zero-order valence-electron chi connectivity index (χ0n) is 18.7. The second-order valence-corrected chi connectivity index (χ2v) is 8.28. The number of halogens is 4. The SMILES string of the molecule is CN1CCN(c2cccc(-c3cn(Cc4ccc(-c5nnc(C(F)F)o5)cc4F)nn3)c2F)CC1. The van der Waals surface area contributed by atoms with E-state index in [1.807, 2.05) is 11.9 Å². The van der Waals surface area contributed by atoms with Gasteiger partial charge in [-0.05, 0) is 31.3 Å². The number of hydrogen-bond donors (Lipinski definition) is 0. The minimum Gasteiger partial charge on any atom is -0.415 e. The highest BCUT2D eigenvalue weighted by atomic mass is 19.3. The van der Waals surface area contributed by atoms with Crippen molar-refractivity contribution in [3.63, 3.8) is 0 Å². The summed E-state index contributed by atoms with van der Waals surface area (Å²) in [5.41, 5.74) is 1.61. The van der Waals surface area contributed by atoms with E-state index in [1.54, 1.807) is 24.4 Å². The molecular weight excluding hydrogens is 466 g/mol. The first-order chi connectivity index (χ1) is 16.9. The van der Waals surface area contributed by atoms with Gasteiger partial charge in [-0.3, -0.25) is 0 Å². The van der Waals surface area contributed by atoms with Gasteiger partial charge in [0.2, 0.25) is 5.89 Å². The molecule has 0 spiro atoms. The van der Waals surface area contributed by atoms with E-state index in [0.717, 1.165) is 32.2 Å². The Hall–Kier alpha value is -3.80. The number of rotatable bonds is 6. The molecule has 0 aliphatic carbocycles. The van der Waals surface area contributed by atoms with Gasteiger partial charge in [0.25, 0.3) is 5.89 Å². The van der Waals surface area contributed by atoms with Crippen LogP contribution in [-0.4, -0.2) is 63.3 Å². The van der Waals surface area contributed by atoms with Crippen LogP contribution in [0.2, 0.25) is 0 Å². The van der Waals surface area contributed by atoms with Crippen molar-refractivity contribution >= 4 is 5.69 Å². The van der Waals surface area contributed by atoms with Crippen molar-refractivity contribution < 1.29 is 22.0 Å². The van der Waals surface area contributed by atoms with E-state index in [0.29, 0.717) is 16.9 Å². The number of aromatic nitrogens is 5. The van der Waals surface area contributed by atoms with Crippen LogP contribution in [0, 0.1) is 11.6 Å². The van der Waals surface area contributed by atoms with Crippen molar-refractivity contribution in [2.75, 3.05) is 38.1 Å². The molecule has 35 heavy (non-hydrogen) atoms. The monoisotopic (exact) mass is 487 g/mol. The summed E-state index contributed by atoms with van der Waals surface area (Å²) in [6, 6.07) is 9.23. The summed E-state index contributed by atoms with van der Waals surface area (Å²) < 4.78 is 61.6. The zero-order valence-corrected chi connectivity index (χ0v) is 18.7. The van der Waals surface area contributed by atoms with Crippen molar-refractivity contribution in [3.8, 4) is 22.7 Å². The van der Waals surface area contributed by atoms with Gasteiger partial charge in [0.1, 0.15) is 11.5 Å². The van der Waals surface area contributed by atoms with Gasteiger partial charge in [0, 0.05) is 42.9 Å². The third-order valence-corrected chi connectivity index (χ3v) is 5.90. The van der Waals surface area contributed by atoms with Crippen molar-refractivity contribution in [1.82, 2.24) is 30.1 Å². The van der Waals surface area contributed by atoms with E-state index in [2.05, 4.69) is 25.4 Å². The van der Waals surface area contributed by atoms with Gasteiger partial charge < -0.3 is 14.2 Å². The molecule has 12 heteroatoms. The Morgan fingerprint density at radius 2 is 1.80 bits per heavy atom. The van der Waals surface area contributed by atoms with Gasteiger partial charge >= 0.3 is 6.43 Å². The average molecular weight is 487 g/mol. The van der Waals surface area contributed by atoms with Crippen LogP contribution in [0.3, 0.4) is 0 Å². The van der Waals surface area contributed by atoms with Gasteiger partial charge in [-0.1, -0.05) is 17.3 Å². The lowest BCUT2D eigenvalue weighted by Gasteiger charge is -2.34. The maximum atomic E-state index is 15.3.